The van der Waals surface area contributed by atoms with Crippen molar-refractivity contribution in [1.29, 1.82) is 0 Å². The summed E-state index contributed by atoms with van der Waals surface area (Å²) in [7, 11) is 0. The number of hydrogen-bond donors (Lipinski definition) is 0. The first-order chi connectivity index (χ1) is 14.8. The number of alkyl halides is 3. The molecule has 0 aromatic carbocycles. The summed E-state index contributed by atoms with van der Waals surface area (Å²) in [4.78, 5) is 30.0. The van der Waals surface area contributed by atoms with Gasteiger partial charge in [0, 0.05) is 48.6 Å². The van der Waals surface area contributed by atoms with Gasteiger partial charge in [-0.3, -0.25) is 14.8 Å². The molecule has 0 bridgehead atoms. The van der Waals surface area contributed by atoms with Gasteiger partial charge in [0.1, 0.15) is 0 Å². The van der Waals surface area contributed by atoms with Crippen molar-refractivity contribution in [1.82, 2.24) is 24.8 Å². The molecule has 31 heavy (non-hydrogen) atoms. The van der Waals surface area contributed by atoms with E-state index in [1.54, 1.807) is 17.3 Å². The van der Waals surface area contributed by atoms with Crippen LogP contribution in [-0.2, 0) is 19.0 Å². The lowest BCUT2D eigenvalue weighted by Crippen LogP contribution is -2.42. The predicted octanol–water partition coefficient (Wildman–Crippen LogP) is 3.89. The smallest absolute Gasteiger partial charge is 0.338 e. The molecule has 1 saturated heterocycles. The van der Waals surface area contributed by atoms with Crippen molar-refractivity contribution >= 4 is 5.91 Å². The molecule has 0 radical (unpaired) electrons. The molecule has 3 aromatic heterocycles. The molecule has 9 heteroatoms. The summed E-state index contributed by atoms with van der Waals surface area (Å²) in [6.45, 7) is 3.34. The number of aromatic nitrogens is 4. The normalized spacial score (nSPS) is 13.7. The Morgan fingerprint density at radius 1 is 1.00 bits per heavy atom. The van der Waals surface area contributed by atoms with Crippen LogP contribution in [0, 0.1) is 6.92 Å². The first-order valence-corrected chi connectivity index (χ1v) is 9.91. The molecule has 4 rings (SSSR count). The maximum Gasteiger partial charge on any atom is 0.451 e. The Hall–Kier alpha value is -3.36. The molecule has 0 N–H and O–H groups in total. The molecule has 1 fully saturated rings. The lowest BCUT2D eigenvalue weighted by atomic mass is 10.0. The van der Waals surface area contributed by atoms with Gasteiger partial charge in [0.05, 0.1) is 11.3 Å². The number of carbonyl (C=O) groups excluding carboxylic acids is 1. The molecule has 0 spiro atoms. The largest absolute Gasteiger partial charge is 0.451 e. The van der Waals surface area contributed by atoms with Crippen molar-refractivity contribution in [3.05, 3.63) is 71.3 Å². The van der Waals surface area contributed by atoms with E-state index < -0.39 is 12.0 Å². The van der Waals surface area contributed by atoms with Crippen molar-refractivity contribution in [3.63, 3.8) is 0 Å². The molecule has 1 amide bonds. The highest BCUT2D eigenvalue weighted by atomic mass is 19.4. The second kappa shape index (κ2) is 8.41. The first-order valence-electron chi connectivity index (χ1n) is 9.91. The number of pyridine rings is 2. The van der Waals surface area contributed by atoms with Crippen molar-refractivity contribution in [3.8, 4) is 11.1 Å². The van der Waals surface area contributed by atoms with Gasteiger partial charge in [-0.25, -0.2) is 9.97 Å². The summed E-state index contributed by atoms with van der Waals surface area (Å²) in [6, 6.07) is 6.98. The molecule has 6 nitrogen and oxygen atoms in total. The number of rotatable bonds is 5. The van der Waals surface area contributed by atoms with Crippen LogP contribution in [0.5, 0.6) is 0 Å². The monoisotopic (exact) mass is 427 g/mol. The van der Waals surface area contributed by atoms with E-state index in [1.807, 2.05) is 25.1 Å². The summed E-state index contributed by atoms with van der Waals surface area (Å²) < 4.78 is 38.4. The van der Waals surface area contributed by atoms with E-state index >= 15 is 0 Å². The number of carbonyl (C=O) groups is 1. The van der Waals surface area contributed by atoms with Crippen LogP contribution in [-0.4, -0.2) is 43.8 Å². The molecule has 3 aromatic rings. The Bertz CT molecular complexity index is 1110. The van der Waals surface area contributed by atoms with Crippen LogP contribution in [0.1, 0.15) is 39.7 Å². The van der Waals surface area contributed by atoms with Gasteiger partial charge in [-0.15, -0.1) is 0 Å². The number of hydrogen-bond acceptors (Lipinski definition) is 5. The molecule has 4 heterocycles. The number of halogens is 3. The van der Waals surface area contributed by atoms with Gasteiger partial charge in [0.2, 0.25) is 5.82 Å². The number of amides is 1. The highest BCUT2D eigenvalue weighted by molar-refractivity contribution is 5.96. The third-order valence-electron chi connectivity index (χ3n) is 5.21. The van der Waals surface area contributed by atoms with E-state index in [9.17, 15) is 18.0 Å². The Morgan fingerprint density at radius 2 is 1.74 bits per heavy atom. The topological polar surface area (TPSA) is 71.9 Å². The van der Waals surface area contributed by atoms with Crippen molar-refractivity contribution in [2.75, 3.05) is 13.1 Å². The van der Waals surface area contributed by atoms with Crippen LogP contribution in [0.25, 0.3) is 11.1 Å². The maximum absolute atomic E-state index is 12.8. The molecule has 0 saturated carbocycles. The van der Waals surface area contributed by atoms with Gasteiger partial charge in [-0.05, 0) is 56.0 Å². The van der Waals surface area contributed by atoms with Crippen LogP contribution < -0.4 is 0 Å². The van der Waals surface area contributed by atoms with E-state index in [-0.39, 0.29) is 5.91 Å². The fourth-order valence-electron chi connectivity index (χ4n) is 3.32. The summed E-state index contributed by atoms with van der Waals surface area (Å²) in [5, 5.41) is 0. The van der Waals surface area contributed by atoms with E-state index in [4.69, 9.17) is 0 Å². The van der Waals surface area contributed by atoms with E-state index in [0.29, 0.717) is 35.5 Å². The summed E-state index contributed by atoms with van der Waals surface area (Å²) >= 11 is 0. The molecule has 160 valence electrons. The van der Waals surface area contributed by atoms with Crippen LogP contribution in [0.3, 0.4) is 0 Å². The average molecular weight is 427 g/mol. The zero-order valence-electron chi connectivity index (χ0n) is 16.9. The lowest BCUT2D eigenvalue weighted by molar-refractivity contribution is -0.145. The number of aryl methyl sites for hydroxylation is 3. The Labute approximate surface area is 177 Å². The highest BCUT2D eigenvalue weighted by Crippen LogP contribution is 2.26. The number of nitrogens with zero attached hydrogens (tertiary/aromatic N) is 5. The summed E-state index contributed by atoms with van der Waals surface area (Å²) in [5.41, 5.74) is 3.90. The third kappa shape index (κ3) is 4.70. The quantitative estimate of drug-likeness (QED) is 0.618. The minimum Gasteiger partial charge on any atom is -0.338 e. The Balaban J connectivity index is 1.52. The first kappa shape index (κ1) is 20.9. The maximum atomic E-state index is 12.8. The zero-order chi connectivity index (χ0) is 22.0. The minimum absolute atomic E-state index is 0.0170. The van der Waals surface area contributed by atoms with Crippen molar-refractivity contribution in [2.24, 2.45) is 0 Å². The fourth-order valence-corrected chi connectivity index (χ4v) is 3.32. The fraction of sp³-hybridized carbons (Fsp3) is 0.318. The van der Waals surface area contributed by atoms with Crippen LogP contribution in [0.15, 0.2) is 42.9 Å². The molecular formula is C22H20F3N5O. The molecule has 1 aliphatic rings. The van der Waals surface area contributed by atoms with Crippen LogP contribution in [0.4, 0.5) is 13.2 Å². The predicted molar refractivity (Wildman–Crippen MR) is 107 cm³/mol. The highest BCUT2D eigenvalue weighted by Gasteiger charge is 2.34. The van der Waals surface area contributed by atoms with Gasteiger partial charge < -0.3 is 4.90 Å². The zero-order valence-corrected chi connectivity index (χ0v) is 16.9. The minimum atomic E-state index is -4.57. The van der Waals surface area contributed by atoms with Crippen LogP contribution in [0.2, 0.25) is 0 Å². The van der Waals surface area contributed by atoms with Crippen molar-refractivity contribution < 1.29 is 18.0 Å². The lowest BCUT2D eigenvalue weighted by Gasteiger charge is -2.31. The SMILES string of the molecule is Cc1ncc(-c2ccnc(CCc3ccnc(C(F)(F)F)n3)c2)cc1C(=O)N1CCC1. The molecule has 1 aliphatic heterocycles. The van der Waals surface area contributed by atoms with Gasteiger partial charge in [-0.1, -0.05) is 0 Å². The van der Waals surface area contributed by atoms with Crippen molar-refractivity contribution in [2.45, 2.75) is 32.4 Å². The van der Waals surface area contributed by atoms with E-state index in [2.05, 4.69) is 19.9 Å². The second-order valence-electron chi connectivity index (χ2n) is 7.41. The Kier molecular flexibility index (Phi) is 5.67. The Morgan fingerprint density at radius 3 is 2.45 bits per heavy atom. The van der Waals surface area contributed by atoms with E-state index in [1.165, 1.54) is 6.07 Å². The molecular weight excluding hydrogens is 407 g/mol. The van der Waals surface area contributed by atoms with Gasteiger partial charge in [0.25, 0.3) is 5.91 Å². The van der Waals surface area contributed by atoms with Gasteiger partial charge >= 0.3 is 6.18 Å². The molecule has 0 atom stereocenters. The standard InChI is InChI=1S/C22H20F3N5O/c1-14-19(20(31)30-9-2-10-30)12-16(13-28-14)15-5-7-26-18(11-15)4-3-17-6-8-27-21(29-17)22(23,24)25/h5-8,11-13H,2-4,9-10H2,1H3. The average Bonchev–Trinajstić information content (AvgIpc) is 2.71. The van der Waals surface area contributed by atoms with Gasteiger partial charge in [-0.2, -0.15) is 13.2 Å². The van der Waals surface area contributed by atoms with Crippen LogP contribution >= 0.6 is 0 Å². The molecule has 0 aliphatic carbocycles. The molecule has 0 unspecified atom stereocenters. The number of likely N-dealkylation sites (tertiary alicyclic amines) is 1. The van der Waals surface area contributed by atoms with E-state index in [0.717, 1.165) is 36.8 Å². The third-order valence-corrected chi connectivity index (χ3v) is 5.21. The summed E-state index contributed by atoms with van der Waals surface area (Å²) in [6.07, 6.45) is 1.63. The second-order valence-corrected chi connectivity index (χ2v) is 7.41. The van der Waals surface area contributed by atoms with Gasteiger partial charge in [0.15, 0.2) is 0 Å². The summed E-state index contributed by atoms with van der Waals surface area (Å²) in [5.74, 6) is -1.16.